The van der Waals surface area contributed by atoms with Crippen LogP contribution < -0.4 is 10.9 Å². The van der Waals surface area contributed by atoms with Crippen molar-refractivity contribution in [3.8, 4) is 0 Å². The summed E-state index contributed by atoms with van der Waals surface area (Å²) in [5, 5.41) is 3.83. The number of esters is 1. The molecule has 3 rings (SSSR count). The van der Waals surface area contributed by atoms with Crippen LogP contribution in [0.1, 0.15) is 21.6 Å². The molecule has 0 aliphatic carbocycles. The van der Waals surface area contributed by atoms with Crippen LogP contribution in [0.5, 0.6) is 0 Å². The molecule has 0 bridgehead atoms. The molecule has 2 aromatic carbocycles. The number of pyridine rings is 1. The monoisotopic (exact) mass is 421 g/mol. The predicted molar refractivity (Wildman–Crippen MR) is 117 cm³/mol. The summed E-state index contributed by atoms with van der Waals surface area (Å²) in [5.74, 6) is -1.74. The summed E-state index contributed by atoms with van der Waals surface area (Å²) >= 11 is 0. The van der Waals surface area contributed by atoms with Crippen LogP contribution in [0, 0.1) is 13.8 Å². The second-order valence-corrected chi connectivity index (χ2v) is 7.24. The lowest BCUT2D eigenvalue weighted by atomic mass is 10.1. The zero-order valence-corrected chi connectivity index (χ0v) is 17.5. The molecule has 8 heteroatoms. The standard InChI is InChI=1S/C23H23N3O5/c1-14-7-6-8-15(2)21(14)25-19(27)12-26(3)20(28)13-31-23(30)18-11-16-9-4-5-10-17(16)22(29)24-18/h4-11H,12-13H2,1-3H3,(H,24,29)(H,25,27). The maximum atomic E-state index is 12.3. The van der Waals surface area contributed by atoms with Crippen molar-refractivity contribution < 1.29 is 19.1 Å². The van der Waals surface area contributed by atoms with E-state index < -0.39 is 24.0 Å². The Labute approximate surface area is 178 Å². The molecule has 0 fully saturated rings. The zero-order valence-electron chi connectivity index (χ0n) is 17.5. The number of carbonyl (C=O) groups is 3. The molecule has 0 unspecified atom stereocenters. The highest BCUT2D eigenvalue weighted by atomic mass is 16.5. The Morgan fingerprint density at radius 3 is 2.42 bits per heavy atom. The van der Waals surface area contributed by atoms with Gasteiger partial charge in [0.25, 0.3) is 11.5 Å². The van der Waals surface area contributed by atoms with E-state index in [1.54, 1.807) is 24.3 Å². The summed E-state index contributed by atoms with van der Waals surface area (Å²) in [6, 6.07) is 14.0. The molecule has 8 nitrogen and oxygen atoms in total. The Balaban J connectivity index is 1.57. The number of anilines is 1. The van der Waals surface area contributed by atoms with Crippen LogP contribution in [-0.2, 0) is 14.3 Å². The molecule has 0 aliphatic rings. The number of benzene rings is 2. The third-order valence-corrected chi connectivity index (χ3v) is 4.85. The highest BCUT2D eigenvalue weighted by Gasteiger charge is 2.18. The summed E-state index contributed by atoms with van der Waals surface area (Å²) in [6.45, 7) is 3.01. The third kappa shape index (κ3) is 5.16. The van der Waals surface area contributed by atoms with Crippen molar-refractivity contribution in [2.24, 2.45) is 0 Å². The second kappa shape index (κ2) is 9.25. The summed E-state index contributed by atoms with van der Waals surface area (Å²) in [7, 11) is 1.44. The van der Waals surface area contributed by atoms with E-state index in [-0.39, 0.29) is 18.1 Å². The van der Waals surface area contributed by atoms with Gasteiger partial charge in [0, 0.05) is 18.1 Å². The van der Waals surface area contributed by atoms with E-state index in [4.69, 9.17) is 4.74 Å². The highest BCUT2D eigenvalue weighted by molar-refractivity contribution is 5.97. The van der Waals surface area contributed by atoms with Crippen LogP contribution in [0.15, 0.2) is 53.3 Å². The first kappa shape index (κ1) is 21.8. The van der Waals surface area contributed by atoms with Crippen LogP contribution in [0.2, 0.25) is 0 Å². The minimum Gasteiger partial charge on any atom is -0.451 e. The van der Waals surface area contributed by atoms with Gasteiger partial charge in [-0.2, -0.15) is 0 Å². The number of nitrogens with zero attached hydrogens (tertiary/aromatic N) is 1. The smallest absolute Gasteiger partial charge is 0.355 e. The fraction of sp³-hybridized carbons (Fsp3) is 0.217. The highest BCUT2D eigenvalue weighted by Crippen LogP contribution is 2.19. The van der Waals surface area contributed by atoms with Gasteiger partial charge in [-0.1, -0.05) is 36.4 Å². The SMILES string of the molecule is Cc1cccc(C)c1NC(=O)CN(C)C(=O)COC(=O)c1cc2ccccc2c(=O)[nH]1. The van der Waals surface area contributed by atoms with Crippen molar-refractivity contribution >= 4 is 34.2 Å². The number of H-pyrrole nitrogens is 1. The van der Waals surface area contributed by atoms with Gasteiger partial charge >= 0.3 is 5.97 Å². The van der Waals surface area contributed by atoms with Crippen molar-refractivity contribution in [1.29, 1.82) is 0 Å². The first-order valence-corrected chi connectivity index (χ1v) is 9.65. The van der Waals surface area contributed by atoms with Crippen LogP contribution >= 0.6 is 0 Å². The summed E-state index contributed by atoms with van der Waals surface area (Å²) in [4.78, 5) is 52.5. The average molecular weight is 421 g/mol. The number of likely N-dealkylation sites (N-methyl/N-ethyl adjacent to an activating group) is 1. The number of amides is 2. The Bertz CT molecular complexity index is 1200. The van der Waals surface area contributed by atoms with Crippen molar-refractivity contribution in [2.45, 2.75) is 13.8 Å². The molecule has 0 saturated heterocycles. The Hall–Kier alpha value is -3.94. The van der Waals surface area contributed by atoms with Crippen LogP contribution in [-0.4, -0.2) is 47.9 Å². The van der Waals surface area contributed by atoms with Gasteiger partial charge in [0.1, 0.15) is 5.69 Å². The molecule has 0 spiro atoms. The van der Waals surface area contributed by atoms with Gasteiger partial charge in [-0.25, -0.2) is 4.79 Å². The Morgan fingerprint density at radius 2 is 1.71 bits per heavy atom. The van der Waals surface area contributed by atoms with Crippen molar-refractivity contribution in [3.63, 3.8) is 0 Å². The van der Waals surface area contributed by atoms with Gasteiger partial charge in [-0.05, 0) is 42.5 Å². The minimum absolute atomic E-state index is 0.0491. The van der Waals surface area contributed by atoms with Crippen LogP contribution in [0.4, 0.5) is 5.69 Å². The molecular formula is C23H23N3O5. The fourth-order valence-corrected chi connectivity index (χ4v) is 3.13. The number of nitrogens with one attached hydrogen (secondary N) is 2. The summed E-state index contributed by atoms with van der Waals surface area (Å²) < 4.78 is 5.02. The number of hydrogen-bond donors (Lipinski definition) is 2. The lowest BCUT2D eigenvalue weighted by molar-refractivity contribution is -0.136. The van der Waals surface area contributed by atoms with Crippen molar-refractivity contribution in [1.82, 2.24) is 9.88 Å². The molecule has 160 valence electrons. The van der Waals surface area contributed by atoms with Crippen LogP contribution in [0.3, 0.4) is 0 Å². The molecule has 1 heterocycles. The second-order valence-electron chi connectivity index (χ2n) is 7.24. The largest absolute Gasteiger partial charge is 0.451 e. The number of aromatic nitrogens is 1. The normalized spacial score (nSPS) is 10.5. The summed E-state index contributed by atoms with van der Waals surface area (Å²) in [6.07, 6.45) is 0. The molecule has 0 aliphatic heterocycles. The van der Waals surface area contributed by atoms with Gasteiger partial charge in [0.2, 0.25) is 5.91 Å². The first-order valence-electron chi connectivity index (χ1n) is 9.65. The molecule has 0 atom stereocenters. The zero-order chi connectivity index (χ0) is 22.5. The first-order chi connectivity index (χ1) is 14.8. The molecule has 31 heavy (non-hydrogen) atoms. The van der Waals surface area contributed by atoms with E-state index in [0.717, 1.165) is 11.1 Å². The fourth-order valence-electron chi connectivity index (χ4n) is 3.13. The molecule has 0 radical (unpaired) electrons. The molecule has 0 saturated carbocycles. The van der Waals surface area contributed by atoms with E-state index in [0.29, 0.717) is 16.5 Å². The number of hydrogen-bond acceptors (Lipinski definition) is 5. The van der Waals surface area contributed by atoms with Gasteiger partial charge in [0.05, 0.1) is 6.54 Å². The predicted octanol–water partition coefficient (Wildman–Crippen LogP) is 2.40. The molecule has 1 aromatic heterocycles. The van der Waals surface area contributed by atoms with E-state index in [2.05, 4.69) is 10.3 Å². The number of fused-ring (bicyclic) bond motifs is 1. The molecular weight excluding hydrogens is 398 g/mol. The van der Waals surface area contributed by atoms with E-state index in [1.165, 1.54) is 18.0 Å². The number of carbonyl (C=O) groups excluding carboxylic acids is 3. The summed E-state index contributed by atoms with van der Waals surface area (Å²) in [5.41, 5.74) is 2.07. The van der Waals surface area contributed by atoms with Crippen LogP contribution in [0.25, 0.3) is 10.8 Å². The number of rotatable bonds is 6. The minimum atomic E-state index is -0.829. The lowest BCUT2D eigenvalue weighted by Gasteiger charge is -2.18. The topological polar surface area (TPSA) is 109 Å². The van der Waals surface area contributed by atoms with E-state index >= 15 is 0 Å². The lowest BCUT2D eigenvalue weighted by Crippen LogP contribution is -2.37. The average Bonchev–Trinajstić information content (AvgIpc) is 2.74. The maximum Gasteiger partial charge on any atom is 0.355 e. The van der Waals surface area contributed by atoms with Gasteiger partial charge < -0.3 is 19.9 Å². The number of aryl methyl sites for hydroxylation is 2. The van der Waals surface area contributed by atoms with Gasteiger partial charge in [-0.15, -0.1) is 0 Å². The van der Waals surface area contributed by atoms with Gasteiger partial charge in [-0.3, -0.25) is 14.4 Å². The Morgan fingerprint density at radius 1 is 1.03 bits per heavy atom. The number of ether oxygens (including phenoxy) is 1. The molecule has 2 amide bonds. The number of para-hydroxylation sites is 1. The molecule has 2 N–H and O–H groups in total. The van der Waals surface area contributed by atoms with Crippen molar-refractivity contribution in [2.75, 3.05) is 25.5 Å². The maximum absolute atomic E-state index is 12.3. The quantitative estimate of drug-likeness (QED) is 0.594. The molecule has 3 aromatic rings. The number of aromatic amines is 1. The van der Waals surface area contributed by atoms with E-state index in [9.17, 15) is 19.2 Å². The third-order valence-electron chi connectivity index (χ3n) is 4.85. The Kier molecular flexibility index (Phi) is 6.49. The van der Waals surface area contributed by atoms with Gasteiger partial charge in [0.15, 0.2) is 6.61 Å². The van der Waals surface area contributed by atoms with Crippen molar-refractivity contribution in [3.05, 3.63) is 75.7 Å². The van der Waals surface area contributed by atoms with E-state index in [1.807, 2.05) is 32.0 Å².